The Kier molecular flexibility index (Phi) is 8.10. The SMILES string of the molecule is CC(SS)C(=O)CCC(=O)NCCc1ccc(S(N)(=O)=O)cc1. The third-order valence-electron chi connectivity index (χ3n) is 3.20. The van der Waals surface area contributed by atoms with E-state index in [0.717, 1.165) is 16.4 Å². The maximum Gasteiger partial charge on any atom is 0.238 e. The molecule has 0 radical (unpaired) electrons. The minimum absolute atomic E-state index is 0.00117. The zero-order chi connectivity index (χ0) is 17.5. The Labute approximate surface area is 145 Å². The van der Waals surface area contributed by atoms with Crippen molar-refractivity contribution >= 4 is 44.2 Å². The minimum Gasteiger partial charge on any atom is -0.356 e. The summed E-state index contributed by atoms with van der Waals surface area (Å²) in [4.78, 5) is 23.3. The van der Waals surface area contributed by atoms with Gasteiger partial charge in [-0.25, -0.2) is 13.6 Å². The lowest BCUT2D eigenvalue weighted by Gasteiger charge is -2.07. The fraction of sp³-hybridized carbons (Fsp3) is 0.429. The molecule has 3 N–H and O–H groups in total. The normalized spacial score (nSPS) is 12.7. The Morgan fingerprint density at radius 1 is 1.26 bits per heavy atom. The second-order valence-corrected chi connectivity index (χ2v) is 8.11. The minimum atomic E-state index is -3.69. The van der Waals surface area contributed by atoms with E-state index < -0.39 is 10.0 Å². The van der Waals surface area contributed by atoms with Crippen LogP contribution in [-0.4, -0.2) is 31.9 Å². The van der Waals surface area contributed by atoms with E-state index in [1.165, 1.54) is 12.1 Å². The Balaban J connectivity index is 2.34. The molecule has 0 fully saturated rings. The van der Waals surface area contributed by atoms with Crippen LogP contribution in [0, 0.1) is 0 Å². The van der Waals surface area contributed by atoms with E-state index in [1.807, 2.05) is 0 Å². The van der Waals surface area contributed by atoms with E-state index >= 15 is 0 Å². The molecule has 1 aromatic carbocycles. The van der Waals surface area contributed by atoms with Gasteiger partial charge in [0, 0.05) is 19.4 Å². The van der Waals surface area contributed by atoms with E-state index in [0.29, 0.717) is 13.0 Å². The van der Waals surface area contributed by atoms with Crippen molar-refractivity contribution in [1.29, 1.82) is 0 Å². The smallest absolute Gasteiger partial charge is 0.238 e. The maximum absolute atomic E-state index is 11.6. The van der Waals surface area contributed by atoms with Gasteiger partial charge in [0.15, 0.2) is 0 Å². The number of benzene rings is 1. The number of Topliss-reactive ketones (excluding diaryl/α,β-unsaturated/α-hetero) is 1. The standard InChI is InChI=1S/C14H20N2O4S3/c1-10(22-21)13(17)6-7-14(18)16-9-8-11-2-4-12(5-3-11)23(15,19)20/h2-5,10,21H,6-9H2,1H3,(H,16,18)(H2,15,19,20). The average molecular weight is 377 g/mol. The number of hydrogen-bond donors (Lipinski definition) is 3. The summed E-state index contributed by atoms with van der Waals surface area (Å²) >= 11 is 3.97. The Morgan fingerprint density at radius 2 is 1.87 bits per heavy atom. The fourth-order valence-electron chi connectivity index (χ4n) is 1.78. The van der Waals surface area contributed by atoms with Gasteiger partial charge in [-0.1, -0.05) is 22.9 Å². The number of sulfonamides is 1. The molecular weight excluding hydrogens is 356 g/mol. The van der Waals surface area contributed by atoms with E-state index in [2.05, 4.69) is 17.0 Å². The van der Waals surface area contributed by atoms with Crippen LogP contribution in [-0.2, 0) is 26.0 Å². The predicted octanol–water partition coefficient (Wildman–Crippen LogP) is 1.31. The molecule has 0 aromatic heterocycles. The van der Waals surface area contributed by atoms with E-state index in [9.17, 15) is 18.0 Å². The first-order valence-electron chi connectivity index (χ1n) is 6.95. The molecule has 1 atom stereocenters. The number of thiol groups is 1. The summed E-state index contributed by atoms with van der Waals surface area (Å²) in [6.45, 7) is 2.17. The lowest BCUT2D eigenvalue weighted by atomic mass is 10.1. The van der Waals surface area contributed by atoms with Crippen molar-refractivity contribution < 1.29 is 18.0 Å². The topological polar surface area (TPSA) is 106 Å². The van der Waals surface area contributed by atoms with Crippen LogP contribution in [0.5, 0.6) is 0 Å². The summed E-state index contributed by atoms with van der Waals surface area (Å²) in [5.41, 5.74) is 0.883. The lowest BCUT2D eigenvalue weighted by molar-refractivity contribution is -0.125. The van der Waals surface area contributed by atoms with Crippen molar-refractivity contribution in [3.05, 3.63) is 29.8 Å². The van der Waals surface area contributed by atoms with Crippen molar-refractivity contribution in [3.8, 4) is 0 Å². The Morgan fingerprint density at radius 3 is 2.39 bits per heavy atom. The van der Waals surface area contributed by atoms with E-state index in [1.54, 1.807) is 19.1 Å². The van der Waals surface area contributed by atoms with Crippen molar-refractivity contribution in [2.75, 3.05) is 6.54 Å². The van der Waals surface area contributed by atoms with Crippen LogP contribution < -0.4 is 10.5 Å². The molecule has 1 amide bonds. The fourth-order valence-corrected chi connectivity index (χ4v) is 2.88. The zero-order valence-corrected chi connectivity index (χ0v) is 15.2. The summed E-state index contributed by atoms with van der Waals surface area (Å²) in [5, 5.41) is 7.53. The quantitative estimate of drug-likeness (QED) is 0.445. The highest BCUT2D eigenvalue weighted by molar-refractivity contribution is 8.69. The van der Waals surface area contributed by atoms with Gasteiger partial charge in [-0.05, 0) is 31.0 Å². The number of carbonyl (C=O) groups is 2. The summed E-state index contributed by atoms with van der Waals surface area (Å²) < 4.78 is 22.3. The Hall–Kier alpha value is -1.03. The van der Waals surface area contributed by atoms with Crippen molar-refractivity contribution in [1.82, 2.24) is 5.32 Å². The molecule has 128 valence electrons. The lowest BCUT2D eigenvalue weighted by Crippen LogP contribution is -2.26. The third kappa shape index (κ3) is 7.38. The van der Waals surface area contributed by atoms with Crippen LogP contribution in [0.3, 0.4) is 0 Å². The summed E-state index contributed by atoms with van der Waals surface area (Å²) in [6.07, 6.45) is 0.916. The van der Waals surface area contributed by atoms with Gasteiger partial charge in [0.2, 0.25) is 15.9 Å². The summed E-state index contributed by atoms with van der Waals surface area (Å²) in [6, 6.07) is 6.17. The molecular formula is C14H20N2O4S3. The maximum atomic E-state index is 11.6. The van der Waals surface area contributed by atoms with Gasteiger partial charge in [0.1, 0.15) is 5.78 Å². The van der Waals surface area contributed by atoms with Crippen LogP contribution >= 0.6 is 22.5 Å². The monoisotopic (exact) mass is 376 g/mol. The number of ketones is 1. The van der Waals surface area contributed by atoms with Crippen LogP contribution in [0.1, 0.15) is 25.3 Å². The largest absolute Gasteiger partial charge is 0.356 e. The highest BCUT2D eigenvalue weighted by Gasteiger charge is 2.13. The van der Waals surface area contributed by atoms with E-state index in [4.69, 9.17) is 5.14 Å². The number of nitrogens with one attached hydrogen (secondary N) is 1. The summed E-state index contributed by atoms with van der Waals surface area (Å²) in [5.74, 6) is -0.186. The third-order valence-corrected chi connectivity index (χ3v) is 5.65. The number of amides is 1. The van der Waals surface area contributed by atoms with Gasteiger partial charge < -0.3 is 5.32 Å². The molecule has 0 saturated heterocycles. The number of primary sulfonamides is 1. The van der Waals surface area contributed by atoms with Crippen LogP contribution in [0.15, 0.2) is 29.2 Å². The highest BCUT2D eigenvalue weighted by atomic mass is 33.1. The molecule has 9 heteroatoms. The number of carbonyl (C=O) groups excluding carboxylic acids is 2. The van der Waals surface area contributed by atoms with Crippen LogP contribution in [0.2, 0.25) is 0 Å². The molecule has 0 heterocycles. The first-order valence-corrected chi connectivity index (χ1v) is 10.4. The first kappa shape index (κ1) is 20.0. The van der Waals surface area contributed by atoms with Gasteiger partial charge in [0.25, 0.3) is 0 Å². The zero-order valence-electron chi connectivity index (χ0n) is 12.7. The predicted molar refractivity (Wildman–Crippen MR) is 94.8 cm³/mol. The molecule has 23 heavy (non-hydrogen) atoms. The van der Waals surface area contributed by atoms with Crippen molar-refractivity contribution in [2.24, 2.45) is 5.14 Å². The van der Waals surface area contributed by atoms with Crippen molar-refractivity contribution in [2.45, 2.75) is 36.3 Å². The van der Waals surface area contributed by atoms with Gasteiger partial charge in [-0.15, -0.1) is 11.7 Å². The Bertz CT molecular complexity index is 644. The van der Waals surface area contributed by atoms with Crippen LogP contribution in [0.25, 0.3) is 0 Å². The molecule has 1 aromatic rings. The summed E-state index contributed by atoms with van der Waals surface area (Å²) in [7, 11) is -2.52. The molecule has 0 aliphatic heterocycles. The molecule has 6 nitrogen and oxygen atoms in total. The molecule has 1 unspecified atom stereocenters. The van der Waals surface area contributed by atoms with Gasteiger partial charge in [-0.3, -0.25) is 9.59 Å². The molecule has 0 aliphatic rings. The van der Waals surface area contributed by atoms with Crippen LogP contribution in [0.4, 0.5) is 0 Å². The number of rotatable bonds is 9. The second-order valence-electron chi connectivity index (χ2n) is 5.00. The van der Waals surface area contributed by atoms with Gasteiger partial charge in [0.05, 0.1) is 10.1 Å². The number of hydrogen-bond acceptors (Lipinski definition) is 6. The molecule has 0 spiro atoms. The van der Waals surface area contributed by atoms with E-state index in [-0.39, 0.29) is 34.7 Å². The molecule has 0 aliphatic carbocycles. The second kappa shape index (κ2) is 9.31. The van der Waals surface area contributed by atoms with Crippen molar-refractivity contribution in [3.63, 3.8) is 0 Å². The van der Waals surface area contributed by atoms with Gasteiger partial charge >= 0.3 is 0 Å². The highest BCUT2D eigenvalue weighted by Crippen LogP contribution is 2.16. The molecule has 1 rings (SSSR count). The molecule has 0 saturated carbocycles. The molecule has 0 bridgehead atoms. The van der Waals surface area contributed by atoms with Gasteiger partial charge in [-0.2, -0.15) is 0 Å². The first-order chi connectivity index (χ1) is 10.7. The average Bonchev–Trinajstić information content (AvgIpc) is 2.51. The number of nitrogens with two attached hydrogens (primary N) is 1.